The lowest BCUT2D eigenvalue weighted by atomic mass is 9.59. The Kier molecular flexibility index (Phi) is 3.76. The van der Waals surface area contributed by atoms with Gasteiger partial charge < -0.3 is 10.8 Å². The number of hydrogen-bond acceptors (Lipinski definition) is 2. The van der Waals surface area contributed by atoms with Crippen molar-refractivity contribution in [1.82, 2.24) is 0 Å². The van der Waals surface area contributed by atoms with Gasteiger partial charge in [-0.25, -0.2) is 0 Å². The van der Waals surface area contributed by atoms with E-state index in [0.717, 1.165) is 12.8 Å². The predicted octanol–water partition coefficient (Wildman–Crippen LogP) is 2.94. The molecule has 1 unspecified atom stereocenters. The Morgan fingerprint density at radius 2 is 1.56 bits per heavy atom. The Balaban J connectivity index is 2.81. The van der Waals surface area contributed by atoms with Gasteiger partial charge in [0, 0.05) is 12.0 Å². The maximum absolute atomic E-state index is 10.6. The average molecular weight is 227 g/mol. The number of nitrogens with two attached hydrogens (primary N) is 1. The van der Waals surface area contributed by atoms with Crippen LogP contribution in [-0.4, -0.2) is 17.8 Å². The highest BCUT2D eigenvalue weighted by molar-refractivity contribution is 4.98. The van der Waals surface area contributed by atoms with Crippen molar-refractivity contribution in [2.24, 2.45) is 22.0 Å². The molecule has 0 radical (unpaired) electrons. The van der Waals surface area contributed by atoms with Crippen LogP contribution < -0.4 is 5.73 Å². The van der Waals surface area contributed by atoms with E-state index in [0.29, 0.717) is 12.0 Å². The molecule has 0 spiro atoms. The van der Waals surface area contributed by atoms with Crippen molar-refractivity contribution in [3.05, 3.63) is 0 Å². The quantitative estimate of drug-likeness (QED) is 0.762. The van der Waals surface area contributed by atoms with Crippen LogP contribution >= 0.6 is 0 Å². The molecule has 1 aliphatic rings. The lowest BCUT2D eigenvalue weighted by molar-refractivity contribution is -0.0788. The summed E-state index contributed by atoms with van der Waals surface area (Å²) >= 11 is 0. The molecule has 0 amide bonds. The minimum atomic E-state index is -0.291. The van der Waals surface area contributed by atoms with Crippen molar-refractivity contribution in [3.8, 4) is 0 Å². The van der Waals surface area contributed by atoms with Crippen LogP contribution in [0.15, 0.2) is 0 Å². The fourth-order valence-corrected chi connectivity index (χ4v) is 2.93. The van der Waals surface area contributed by atoms with Crippen molar-refractivity contribution >= 4 is 0 Å². The summed E-state index contributed by atoms with van der Waals surface area (Å²) in [5.74, 6) is 0. The molecule has 16 heavy (non-hydrogen) atoms. The van der Waals surface area contributed by atoms with Gasteiger partial charge in [-0.2, -0.15) is 0 Å². The molecule has 0 heterocycles. The van der Waals surface area contributed by atoms with Crippen molar-refractivity contribution in [3.63, 3.8) is 0 Å². The van der Waals surface area contributed by atoms with Gasteiger partial charge in [-0.3, -0.25) is 0 Å². The minimum absolute atomic E-state index is 0.0478. The van der Waals surface area contributed by atoms with Crippen molar-refractivity contribution < 1.29 is 5.11 Å². The van der Waals surface area contributed by atoms with Gasteiger partial charge in [0.05, 0.1) is 6.10 Å². The first-order valence-corrected chi connectivity index (χ1v) is 6.51. The zero-order valence-corrected chi connectivity index (χ0v) is 11.6. The fraction of sp³-hybridized carbons (Fsp3) is 1.00. The van der Waals surface area contributed by atoms with Gasteiger partial charge >= 0.3 is 0 Å². The monoisotopic (exact) mass is 227 g/mol. The first-order chi connectivity index (χ1) is 7.13. The Hall–Kier alpha value is -0.0800. The van der Waals surface area contributed by atoms with Crippen LogP contribution in [0, 0.1) is 16.2 Å². The molecule has 96 valence electrons. The van der Waals surface area contributed by atoms with Crippen LogP contribution in [0.1, 0.15) is 60.3 Å². The summed E-state index contributed by atoms with van der Waals surface area (Å²) in [5, 5.41) is 10.6. The van der Waals surface area contributed by atoms with E-state index in [2.05, 4.69) is 34.6 Å². The topological polar surface area (TPSA) is 46.2 Å². The van der Waals surface area contributed by atoms with E-state index in [9.17, 15) is 5.11 Å². The molecule has 3 N–H and O–H groups in total. The smallest absolute Gasteiger partial charge is 0.0656 e. The van der Waals surface area contributed by atoms with E-state index < -0.39 is 0 Å². The summed E-state index contributed by atoms with van der Waals surface area (Å²) in [4.78, 5) is 0. The maximum Gasteiger partial charge on any atom is 0.0656 e. The Bertz CT molecular complexity index is 230. The zero-order chi connectivity index (χ0) is 12.6. The second kappa shape index (κ2) is 4.30. The molecule has 0 aromatic heterocycles. The second-order valence-corrected chi connectivity index (χ2v) is 7.50. The summed E-state index contributed by atoms with van der Waals surface area (Å²) < 4.78 is 0. The summed E-state index contributed by atoms with van der Waals surface area (Å²) in [6.07, 6.45) is 4.19. The average Bonchev–Trinajstić information content (AvgIpc) is 2.17. The van der Waals surface area contributed by atoms with Crippen molar-refractivity contribution in [1.29, 1.82) is 0 Å². The van der Waals surface area contributed by atoms with Crippen LogP contribution in [0.4, 0.5) is 0 Å². The number of rotatable bonds is 2. The summed E-state index contributed by atoms with van der Waals surface area (Å²) in [5.41, 5.74) is 6.27. The van der Waals surface area contributed by atoms with Crippen molar-refractivity contribution in [2.45, 2.75) is 66.4 Å². The maximum atomic E-state index is 10.6. The number of aliphatic hydroxyl groups is 1. The summed E-state index contributed by atoms with van der Waals surface area (Å²) in [6, 6.07) is 0. The SMILES string of the molecule is CC1(C)CCC(CN)(C(O)C(C)(C)C)CC1. The van der Waals surface area contributed by atoms with E-state index in [-0.39, 0.29) is 16.9 Å². The Morgan fingerprint density at radius 3 is 1.88 bits per heavy atom. The second-order valence-electron chi connectivity index (χ2n) is 7.50. The molecule has 0 aromatic rings. The van der Waals surface area contributed by atoms with Crippen molar-refractivity contribution in [2.75, 3.05) is 6.54 Å². The van der Waals surface area contributed by atoms with Crippen LogP contribution in [0.2, 0.25) is 0 Å². The first-order valence-electron chi connectivity index (χ1n) is 6.51. The lowest BCUT2D eigenvalue weighted by Crippen LogP contribution is -2.51. The summed E-state index contributed by atoms with van der Waals surface area (Å²) in [6.45, 7) is 11.6. The van der Waals surface area contributed by atoms with Crippen LogP contribution in [0.5, 0.6) is 0 Å². The minimum Gasteiger partial charge on any atom is -0.392 e. The zero-order valence-electron chi connectivity index (χ0n) is 11.6. The van der Waals surface area contributed by atoms with Crippen LogP contribution in [0.3, 0.4) is 0 Å². The molecule has 2 heteroatoms. The molecule has 0 aliphatic heterocycles. The summed E-state index contributed by atoms with van der Waals surface area (Å²) in [7, 11) is 0. The van der Waals surface area contributed by atoms with E-state index in [1.54, 1.807) is 0 Å². The normalized spacial score (nSPS) is 26.4. The third-order valence-corrected chi connectivity index (χ3v) is 4.41. The van der Waals surface area contributed by atoms with E-state index >= 15 is 0 Å². The highest BCUT2D eigenvalue weighted by Crippen LogP contribution is 2.49. The van der Waals surface area contributed by atoms with Gasteiger partial charge in [-0.1, -0.05) is 34.6 Å². The standard InChI is InChI=1S/C14H29NO/c1-12(2,3)11(16)14(10-15)8-6-13(4,5)7-9-14/h11,16H,6-10,15H2,1-5H3. The van der Waals surface area contributed by atoms with E-state index in [1.807, 2.05) is 0 Å². The van der Waals surface area contributed by atoms with Gasteiger partial charge in [-0.15, -0.1) is 0 Å². The highest BCUT2D eigenvalue weighted by Gasteiger charge is 2.46. The Labute approximate surface area is 101 Å². The largest absolute Gasteiger partial charge is 0.392 e. The third kappa shape index (κ3) is 2.78. The van der Waals surface area contributed by atoms with Gasteiger partial charge in [-0.05, 0) is 36.5 Å². The first kappa shape index (κ1) is 14.0. The molecule has 0 saturated heterocycles. The van der Waals surface area contributed by atoms with E-state index in [4.69, 9.17) is 5.73 Å². The van der Waals surface area contributed by atoms with E-state index in [1.165, 1.54) is 12.8 Å². The van der Waals surface area contributed by atoms with Crippen LogP contribution in [0.25, 0.3) is 0 Å². The highest BCUT2D eigenvalue weighted by atomic mass is 16.3. The van der Waals surface area contributed by atoms with Gasteiger partial charge in [0.25, 0.3) is 0 Å². The molecule has 2 nitrogen and oxygen atoms in total. The molecule has 0 bridgehead atoms. The molecule has 1 atom stereocenters. The van der Waals surface area contributed by atoms with Gasteiger partial charge in [0.15, 0.2) is 0 Å². The molecule has 1 aliphatic carbocycles. The van der Waals surface area contributed by atoms with Crippen LogP contribution in [-0.2, 0) is 0 Å². The number of aliphatic hydroxyl groups excluding tert-OH is 1. The van der Waals surface area contributed by atoms with Gasteiger partial charge in [0.2, 0.25) is 0 Å². The lowest BCUT2D eigenvalue weighted by Gasteiger charge is -2.49. The van der Waals surface area contributed by atoms with Gasteiger partial charge in [0.1, 0.15) is 0 Å². The molecular weight excluding hydrogens is 198 g/mol. The molecule has 0 aromatic carbocycles. The fourth-order valence-electron chi connectivity index (χ4n) is 2.93. The molecular formula is C14H29NO. The molecule has 1 saturated carbocycles. The molecule has 1 rings (SSSR count). The Morgan fingerprint density at radius 1 is 1.12 bits per heavy atom. The molecule has 1 fully saturated rings. The third-order valence-electron chi connectivity index (χ3n) is 4.41. The number of hydrogen-bond donors (Lipinski definition) is 2. The predicted molar refractivity (Wildman–Crippen MR) is 69.2 cm³/mol.